The maximum absolute atomic E-state index is 12.6. The van der Waals surface area contributed by atoms with Gasteiger partial charge in [-0.1, -0.05) is 6.07 Å². The van der Waals surface area contributed by atoms with Crippen molar-refractivity contribution < 1.29 is 14.3 Å². The van der Waals surface area contributed by atoms with Crippen molar-refractivity contribution >= 4 is 11.8 Å². The molecule has 4 heterocycles. The molecule has 0 bridgehead atoms. The first-order valence-corrected chi connectivity index (χ1v) is 9.48. The van der Waals surface area contributed by atoms with Crippen molar-refractivity contribution in [2.75, 3.05) is 32.8 Å². The van der Waals surface area contributed by atoms with E-state index in [1.54, 1.807) is 23.0 Å². The predicted octanol–water partition coefficient (Wildman–Crippen LogP) is -0.00800. The van der Waals surface area contributed by atoms with Gasteiger partial charge in [-0.3, -0.25) is 14.6 Å². The minimum Gasteiger partial charge on any atom is -0.371 e. The molecule has 0 aliphatic carbocycles. The molecule has 0 unspecified atom stereocenters. The molecule has 4 rings (SSSR count). The van der Waals surface area contributed by atoms with Gasteiger partial charge in [-0.25, -0.2) is 4.68 Å². The van der Waals surface area contributed by atoms with Gasteiger partial charge in [0.25, 0.3) is 5.91 Å². The van der Waals surface area contributed by atoms with Crippen LogP contribution in [0.25, 0.3) is 0 Å². The Bertz CT molecular complexity index is 804. The highest BCUT2D eigenvalue weighted by atomic mass is 16.5. The first-order valence-electron chi connectivity index (χ1n) is 9.48. The summed E-state index contributed by atoms with van der Waals surface area (Å²) in [6.07, 6.45) is 4.90. The lowest BCUT2D eigenvalue weighted by atomic mass is 9.89. The standard InChI is InChI=1S/C18H23N7O3/c26-16(4-8-25-14-20-21-22-25)24-11-12-28-18(13-24)5-9-23(10-6-18)17(27)15-3-1-2-7-19-15/h1-3,7,14H,4-6,8-13H2. The number of aryl methyl sites for hydroxylation is 1. The number of piperidine rings is 1. The number of hydrogen-bond donors (Lipinski definition) is 0. The number of carbonyl (C=O) groups excluding carboxylic acids is 2. The number of aromatic nitrogens is 5. The van der Waals surface area contributed by atoms with Gasteiger partial charge >= 0.3 is 0 Å². The summed E-state index contributed by atoms with van der Waals surface area (Å²) in [5, 5.41) is 10.9. The normalized spacial score (nSPS) is 19.0. The smallest absolute Gasteiger partial charge is 0.272 e. The first kappa shape index (κ1) is 18.5. The number of pyridine rings is 1. The van der Waals surface area contributed by atoms with Crippen molar-refractivity contribution in [2.45, 2.75) is 31.4 Å². The van der Waals surface area contributed by atoms with E-state index in [9.17, 15) is 9.59 Å². The fraction of sp³-hybridized carbons (Fsp3) is 0.556. The highest BCUT2D eigenvalue weighted by molar-refractivity contribution is 5.92. The molecule has 10 heteroatoms. The van der Waals surface area contributed by atoms with Crippen molar-refractivity contribution in [3.8, 4) is 0 Å². The monoisotopic (exact) mass is 385 g/mol. The predicted molar refractivity (Wildman–Crippen MR) is 97.1 cm³/mol. The Kier molecular flexibility index (Phi) is 5.29. The van der Waals surface area contributed by atoms with E-state index in [0.29, 0.717) is 64.3 Å². The zero-order chi connectivity index (χ0) is 19.4. The SMILES string of the molecule is O=C(CCn1cnnn1)N1CCOC2(CCN(C(=O)c3ccccn3)CC2)C1. The minimum absolute atomic E-state index is 0.0550. The van der Waals surface area contributed by atoms with Crippen LogP contribution in [0.2, 0.25) is 0 Å². The lowest BCUT2D eigenvalue weighted by Gasteiger charge is -2.47. The summed E-state index contributed by atoms with van der Waals surface area (Å²) in [5.41, 5.74) is 0.0892. The summed E-state index contributed by atoms with van der Waals surface area (Å²) in [4.78, 5) is 33.0. The number of tetrazole rings is 1. The molecule has 2 amide bonds. The van der Waals surface area contributed by atoms with E-state index >= 15 is 0 Å². The summed E-state index contributed by atoms with van der Waals surface area (Å²) in [6.45, 7) is 3.33. The maximum Gasteiger partial charge on any atom is 0.272 e. The molecule has 148 valence electrons. The number of hydrogen-bond acceptors (Lipinski definition) is 7. The van der Waals surface area contributed by atoms with Gasteiger partial charge in [0, 0.05) is 38.8 Å². The summed E-state index contributed by atoms with van der Waals surface area (Å²) < 4.78 is 7.64. The molecule has 10 nitrogen and oxygen atoms in total. The van der Waals surface area contributed by atoms with Gasteiger partial charge in [0.05, 0.1) is 18.8 Å². The zero-order valence-electron chi connectivity index (χ0n) is 15.6. The Labute approximate surface area is 162 Å². The van der Waals surface area contributed by atoms with Crippen LogP contribution in [0.4, 0.5) is 0 Å². The van der Waals surface area contributed by atoms with Crippen molar-refractivity contribution in [2.24, 2.45) is 0 Å². The van der Waals surface area contributed by atoms with Crippen molar-refractivity contribution in [3.63, 3.8) is 0 Å². The quantitative estimate of drug-likeness (QED) is 0.729. The molecular weight excluding hydrogens is 362 g/mol. The van der Waals surface area contributed by atoms with E-state index < -0.39 is 0 Å². The second-order valence-corrected chi connectivity index (χ2v) is 7.18. The number of morpholine rings is 1. The van der Waals surface area contributed by atoms with Gasteiger partial charge in [0.1, 0.15) is 12.0 Å². The summed E-state index contributed by atoms with van der Waals surface area (Å²) in [7, 11) is 0. The van der Waals surface area contributed by atoms with Gasteiger partial charge in [0.2, 0.25) is 5.91 Å². The van der Waals surface area contributed by atoms with Gasteiger partial charge in [-0.05, 0) is 35.4 Å². The van der Waals surface area contributed by atoms with Crippen LogP contribution in [0.5, 0.6) is 0 Å². The average Bonchev–Trinajstić information content (AvgIpc) is 3.26. The minimum atomic E-state index is -0.371. The lowest BCUT2D eigenvalue weighted by Crippen LogP contribution is -2.58. The Hall–Kier alpha value is -2.88. The van der Waals surface area contributed by atoms with E-state index in [1.807, 2.05) is 15.9 Å². The van der Waals surface area contributed by atoms with Crippen LogP contribution in [0.15, 0.2) is 30.7 Å². The second kappa shape index (κ2) is 8.01. The highest BCUT2D eigenvalue weighted by Crippen LogP contribution is 2.31. The van der Waals surface area contributed by atoms with Gasteiger partial charge in [-0.15, -0.1) is 5.10 Å². The Morgan fingerprint density at radius 3 is 2.71 bits per heavy atom. The summed E-state index contributed by atoms with van der Waals surface area (Å²) in [6, 6.07) is 5.34. The molecule has 0 radical (unpaired) electrons. The highest BCUT2D eigenvalue weighted by Gasteiger charge is 2.41. The topological polar surface area (TPSA) is 106 Å². The summed E-state index contributed by atoms with van der Waals surface area (Å²) in [5.74, 6) is 0.0193. The van der Waals surface area contributed by atoms with Crippen LogP contribution in [0, 0.1) is 0 Å². The molecule has 0 aromatic carbocycles. The van der Waals surface area contributed by atoms with E-state index in [4.69, 9.17) is 4.74 Å². The van der Waals surface area contributed by atoms with Gasteiger partial charge in [-0.2, -0.15) is 0 Å². The van der Waals surface area contributed by atoms with Crippen LogP contribution in [0.3, 0.4) is 0 Å². The molecule has 2 aliphatic rings. The van der Waals surface area contributed by atoms with Crippen LogP contribution in [0.1, 0.15) is 29.8 Å². The van der Waals surface area contributed by atoms with E-state index in [-0.39, 0.29) is 17.4 Å². The third-order valence-corrected chi connectivity index (χ3v) is 5.39. The Morgan fingerprint density at radius 2 is 2.00 bits per heavy atom. The van der Waals surface area contributed by atoms with Crippen molar-refractivity contribution in [1.82, 2.24) is 35.0 Å². The van der Waals surface area contributed by atoms with Crippen LogP contribution < -0.4 is 0 Å². The molecular formula is C18H23N7O3. The third kappa shape index (κ3) is 4.01. The summed E-state index contributed by atoms with van der Waals surface area (Å²) >= 11 is 0. The Balaban J connectivity index is 1.32. The maximum atomic E-state index is 12.6. The molecule has 2 saturated heterocycles. The largest absolute Gasteiger partial charge is 0.371 e. The van der Waals surface area contributed by atoms with Crippen LogP contribution in [-0.2, 0) is 16.1 Å². The lowest BCUT2D eigenvalue weighted by molar-refractivity contribution is -0.158. The third-order valence-electron chi connectivity index (χ3n) is 5.39. The van der Waals surface area contributed by atoms with E-state index in [2.05, 4.69) is 20.5 Å². The van der Waals surface area contributed by atoms with Crippen molar-refractivity contribution in [3.05, 3.63) is 36.4 Å². The number of carbonyl (C=O) groups is 2. The Morgan fingerprint density at radius 1 is 1.14 bits per heavy atom. The molecule has 2 fully saturated rings. The number of likely N-dealkylation sites (tertiary alicyclic amines) is 1. The number of amides is 2. The number of ether oxygens (including phenoxy) is 1. The molecule has 2 aliphatic heterocycles. The number of nitrogens with zero attached hydrogens (tertiary/aromatic N) is 7. The number of rotatable bonds is 4. The van der Waals surface area contributed by atoms with E-state index in [1.165, 1.54) is 6.33 Å². The molecule has 0 saturated carbocycles. The van der Waals surface area contributed by atoms with Crippen LogP contribution >= 0.6 is 0 Å². The molecule has 28 heavy (non-hydrogen) atoms. The van der Waals surface area contributed by atoms with Crippen molar-refractivity contribution in [1.29, 1.82) is 0 Å². The van der Waals surface area contributed by atoms with Gasteiger partial charge < -0.3 is 14.5 Å². The zero-order valence-corrected chi connectivity index (χ0v) is 15.6. The second-order valence-electron chi connectivity index (χ2n) is 7.18. The fourth-order valence-corrected chi connectivity index (χ4v) is 3.78. The first-order chi connectivity index (χ1) is 13.7. The molecule has 0 N–H and O–H groups in total. The molecule has 2 aromatic rings. The molecule has 1 spiro atoms. The van der Waals surface area contributed by atoms with Gasteiger partial charge in [0.15, 0.2) is 0 Å². The fourth-order valence-electron chi connectivity index (χ4n) is 3.78. The van der Waals surface area contributed by atoms with Crippen LogP contribution in [-0.4, -0.2) is 85.2 Å². The average molecular weight is 385 g/mol. The molecule has 0 atom stereocenters. The van der Waals surface area contributed by atoms with E-state index in [0.717, 1.165) is 0 Å². The molecule has 2 aromatic heterocycles.